The first kappa shape index (κ1) is 12.9. The van der Waals surface area contributed by atoms with Crippen molar-refractivity contribution in [3.05, 3.63) is 65.2 Å². The molecule has 0 aromatic heterocycles. The zero-order valence-electron chi connectivity index (χ0n) is 11.9. The highest BCUT2D eigenvalue weighted by molar-refractivity contribution is 6.03. The number of rotatable bonds is 3. The number of hydrogen-bond donors (Lipinski definition) is 1. The first-order chi connectivity index (χ1) is 9.65. The number of anilines is 1. The zero-order chi connectivity index (χ0) is 14.1. The normalized spacial score (nSPS) is 17.1. The molecule has 3 rings (SSSR count). The Bertz CT molecular complexity index is 628. The minimum Gasteiger partial charge on any atom is -0.325 e. The monoisotopic (exact) mass is 265 g/mol. The quantitative estimate of drug-likeness (QED) is 0.889. The number of carbonyl (C=O) groups is 1. The highest BCUT2D eigenvalue weighted by atomic mass is 16.2. The van der Waals surface area contributed by atoms with Crippen LogP contribution in [0.4, 0.5) is 5.69 Å². The van der Waals surface area contributed by atoms with Crippen molar-refractivity contribution in [1.29, 1.82) is 0 Å². The number of para-hydroxylation sites is 1. The van der Waals surface area contributed by atoms with Crippen molar-refractivity contribution in [1.82, 2.24) is 0 Å². The molecule has 1 N–H and O–H groups in total. The summed E-state index contributed by atoms with van der Waals surface area (Å²) in [6.07, 6.45) is 0.765. The van der Waals surface area contributed by atoms with Crippen molar-refractivity contribution in [2.24, 2.45) is 0 Å². The Morgan fingerprint density at radius 1 is 1.05 bits per heavy atom. The summed E-state index contributed by atoms with van der Waals surface area (Å²) in [6.45, 7) is 4.38. The largest absolute Gasteiger partial charge is 0.325 e. The third-order valence-corrected chi connectivity index (χ3v) is 4.00. The molecular weight excluding hydrogens is 246 g/mol. The number of fused-ring (bicyclic) bond motifs is 1. The second kappa shape index (κ2) is 5.12. The molecule has 102 valence electrons. The van der Waals surface area contributed by atoms with E-state index in [1.54, 1.807) is 0 Å². The number of carbonyl (C=O) groups excluding carboxylic acids is 1. The van der Waals surface area contributed by atoms with Gasteiger partial charge in [0.25, 0.3) is 0 Å². The van der Waals surface area contributed by atoms with Crippen molar-refractivity contribution < 1.29 is 4.79 Å². The average Bonchev–Trinajstić information content (AvgIpc) is 2.76. The van der Waals surface area contributed by atoms with Gasteiger partial charge in [0.1, 0.15) is 0 Å². The van der Waals surface area contributed by atoms with Crippen LogP contribution in [0.2, 0.25) is 0 Å². The minimum absolute atomic E-state index is 0.0592. The number of hydrogen-bond acceptors (Lipinski definition) is 1. The van der Waals surface area contributed by atoms with Crippen LogP contribution in [0.15, 0.2) is 48.5 Å². The Kier molecular flexibility index (Phi) is 3.31. The van der Waals surface area contributed by atoms with Crippen LogP contribution in [0.3, 0.4) is 0 Å². The molecule has 0 aliphatic carbocycles. The molecule has 0 unspecified atom stereocenters. The molecule has 2 heteroatoms. The maximum atomic E-state index is 12.1. The van der Waals surface area contributed by atoms with Gasteiger partial charge in [0.2, 0.25) is 5.91 Å². The third kappa shape index (κ3) is 2.34. The Labute approximate surface area is 119 Å². The van der Waals surface area contributed by atoms with Gasteiger partial charge < -0.3 is 5.32 Å². The summed E-state index contributed by atoms with van der Waals surface area (Å²) in [5.41, 5.74) is 4.63. The maximum Gasteiger partial charge on any atom is 0.232 e. The van der Waals surface area contributed by atoms with Crippen LogP contribution in [-0.4, -0.2) is 5.91 Å². The van der Waals surface area contributed by atoms with Crippen LogP contribution >= 0.6 is 0 Å². The molecule has 1 aliphatic rings. The Hall–Kier alpha value is -2.09. The van der Waals surface area contributed by atoms with Crippen LogP contribution in [0.1, 0.15) is 42.4 Å². The fourth-order valence-electron chi connectivity index (χ4n) is 2.75. The predicted molar refractivity (Wildman–Crippen MR) is 82.0 cm³/mol. The van der Waals surface area contributed by atoms with E-state index in [0.717, 1.165) is 17.7 Å². The van der Waals surface area contributed by atoms with Crippen LogP contribution in [0, 0.1) is 0 Å². The molecule has 1 aliphatic heterocycles. The highest BCUT2D eigenvalue weighted by Gasteiger charge is 2.29. The van der Waals surface area contributed by atoms with E-state index in [9.17, 15) is 4.79 Å². The van der Waals surface area contributed by atoms with Crippen LogP contribution in [-0.2, 0) is 11.2 Å². The molecule has 20 heavy (non-hydrogen) atoms. The van der Waals surface area contributed by atoms with E-state index in [4.69, 9.17) is 0 Å². The lowest BCUT2D eigenvalue weighted by Gasteiger charge is -2.10. The van der Waals surface area contributed by atoms with Crippen molar-refractivity contribution in [2.75, 3.05) is 5.32 Å². The fourth-order valence-corrected chi connectivity index (χ4v) is 2.75. The molecule has 0 radical (unpaired) electrons. The van der Waals surface area contributed by atoms with E-state index in [1.807, 2.05) is 24.3 Å². The standard InChI is InChI=1S/C18H19NO/c1-12(2)14-9-7-13(8-10-14)11-16-15-5-3-4-6-17(15)19-18(16)20/h3-10,12,16H,11H2,1-2H3,(H,19,20)/t16-/m0/s1. The lowest BCUT2D eigenvalue weighted by Crippen LogP contribution is -2.14. The van der Waals surface area contributed by atoms with Gasteiger partial charge in [-0.25, -0.2) is 0 Å². The topological polar surface area (TPSA) is 29.1 Å². The molecule has 0 saturated heterocycles. The molecule has 0 bridgehead atoms. The van der Waals surface area contributed by atoms with Crippen molar-refractivity contribution in [3.63, 3.8) is 0 Å². The third-order valence-electron chi connectivity index (χ3n) is 4.00. The summed E-state index contributed by atoms with van der Waals surface area (Å²) < 4.78 is 0. The minimum atomic E-state index is -0.0592. The Balaban J connectivity index is 1.83. The van der Waals surface area contributed by atoms with E-state index in [2.05, 4.69) is 43.4 Å². The number of amides is 1. The lowest BCUT2D eigenvalue weighted by molar-refractivity contribution is -0.117. The average molecular weight is 265 g/mol. The fraction of sp³-hybridized carbons (Fsp3) is 0.278. The maximum absolute atomic E-state index is 12.1. The molecule has 1 amide bonds. The zero-order valence-corrected chi connectivity index (χ0v) is 11.9. The SMILES string of the molecule is CC(C)c1ccc(C[C@@H]2C(=O)Nc3ccccc32)cc1. The lowest BCUT2D eigenvalue weighted by atomic mass is 9.92. The number of benzene rings is 2. The molecule has 2 aromatic carbocycles. The van der Waals surface area contributed by atoms with Crippen LogP contribution in [0.5, 0.6) is 0 Å². The predicted octanol–water partition coefficient (Wildman–Crippen LogP) is 4.09. The van der Waals surface area contributed by atoms with Gasteiger partial charge in [-0.05, 0) is 35.1 Å². The first-order valence-electron chi connectivity index (χ1n) is 7.14. The molecule has 2 aromatic rings. The second-order valence-corrected chi connectivity index (χ2v) is 5.73. The summed E-state index contributed by atoms with van der Waals surface area (Å²) in [4.78, 5) is 12.1. The van der Waals surface area contributed by atoms with Crippen molar-refractivity contribution in [3.8, 4) is 0 Å². The van der Waals surface area contributed by atoms with Gasteiger partial charge in [-0.15, -0.1) is 0 Å². The Morgan fingerprint density at radius 3 is 2.45 bits per heavy atom. The smallest absolute Gasteiger partial charge is 0.232 e. The van der Waals surface area contributed by atoms with Gasteiger partial charge in [0.15, 0.2) is 0 Å². The summed E-state index contributed by atoms with van der Waals surface area (Å²) in [7, 11) is 0. The highest BCUT2D eigenvalue weighted by Crippen LogP contribution is 2.34. The van der Waals surface area contributed by atoms with Gasteiger partial charge in [0, 0.05) is 5.69 Å². The first-order valence-corrected chi connectivity index (χ1v) is 7.14. The molecular formula is C18H19NO. The Morgan fingerprint density at radius 2 is 1.75 bits per heavy atom. The van der Waals surface area contributed by atoms with Gasteiger partial charge in [-0.2, -0.15) is 0 Å². The van der Waals surface area contributed by atoms with Gasteiger partial charge in [-0.3, -0.25) is 4.79 Å². The molecule has 1 heterocycles. The molecule has 2 nitrogen and oxygen atoms in total. The van der Waals surface area contributed by atoms with Crippen LogP contribution in [0.25, 0.3) is 0 Å². The summed E-state index contributed by atoms with van der Waals surface area (Å²) in [6, 6.07) is 16.6. The summed E-state index contributed by atoms with van der Waals surface area (Å²) in [5, 5.41) is 2.96. The van der Waals surface area contributed by atoms with Crippen molar-refractivity contribution >= 4 is 11.6 Å². The van der Waals surface area contributed by atoms with E-state index in [-0.39, 0.29) is 11.8 Å². The van der Waals surface area contributed by atoms with E-state index in [1.165, 1.54) is 11.1 Å². The van der Waals surface area contributed by atoms with Crippen molar-refractivity contribution in [2.45, 2.75) is 32.1 Å². The molecule has 0 spiro atoms. The molecule has 0 fully saturated rings. The second-order valence-electron chi connectivity index (χ2n) is 5.73. The van der Waals surface area contributed by atoms with E-state index >= 15 is 0 Å². The summed E-state index contributed by atoms with van der Waals surface area (Å²) in [5.74, 6) is 0.592. The number of nitrogens with one attached hydrogen (secondary N) is 1. The molecule has 1 atom stereocenters. The van der Waals surface area contributed by atoms with Gasteiger partial charge >= 0.3 is 0 Å². The van der Waals surface area contributed by atoms with Gasteiger partial charge in [-0.1, -0.05) is 56.3 Å². The van der Waals surface area contributed by atoms with E-state index in [0.29, 0.717) is 5.92 Å². The van der Waals surface area contributed by atoms with Crippen LogP contribution < -0.4 is 5.32 Å². The molecule has 0 saturated carbocycles. The summed E-state index contributed by atoms with van der Waals surface area (Å²) >= 11 is 0. The van der Waals surface area contributed by atoms with Gasteiger partial charge in [0.05, 0.1) is 5.92 Å². The van der Waals surface area contributed by atoms with E-state index < -0.39 is 0 Å².